The topological polar surface area (TPSA) is 27.7 Å². The highest BCUT2D eigenvalue weighted by Gasteiger charge is 2.09. The minimum Gasteiger partial charge on any atom is -0.379 e. The van der Waals surface area contributed by atoms with Gasteiger partial charge in [-0.1, -0.05) is 0 Å². The Hall–Kier alpha value is -0.120. The van der Waals surface area contributed by atoms with Crippen molar-refractivity contribution < 1.29 is 14.2 Å². The molecule has 0 saturated heterocycles. The van der Waals surface area contributed by atoms with E-state index in [1.807, 2.05) is 27.7 Å². The number of hydrogen-bond acceptors (Lipinski definition) is 3. The summed E-state index contributed by atoms with van der Waals surface area (Å²) in [5.41, 5.74) is 0. The first-order valence-electron chi connectivity index (χ1n) is 5.01. The van der Waals surface area contributed by atoms with Crippen molar-refractivity contribution in [3.8, 4) is 0 Å². The predicted molar refractivity (Wildman–Crippen MR) is 53.0 cm³/mol. The normalized spacial score (nSPS) is 13.6. The van der Waals surface area contributed by atoms with Crippen LogP contribution in [-0.2, 0) is 14.2 Å². The van der Waals surface area contributed by atoms with Crippen LogP contribution < -0.4 is 0 Å². The van der Waals surface area contributed by atoms with E-state index in [1.165, 1.54) is 0 Å². The van der Waals surface area contributed by atoms with Crippen LogP contribution in [0.4, 0.5) is 0 Å². The largest absolute Gasteiger partial charge is 0.379 e. The maximum atomic E-state index is 5.45. The Morgan fingerprint density at radius 3 is 2.08 bits per heavy atom. The van der Waals surface area contributed by atoms with E-state index < -0.39 is 0 Å². The van der Waals surface area contributed by atoms with Crippen molar-refractivity contribution in [2.75, 3.05) is 26.4 Å². The van der Waals surface area contributed by atoms with Gasteiger partial charge in [0.05, 0.1) is 19.3 Å². The molecule has 80 valence electrons. The van der Waals surface area contributed by atoms with Crippen LogP contribution >= 0.6 is 0 Å². The Morgan fingerprint density at radius 2 is 1.62 bits per heavy atom. The Balaban J connectivity index is 3.53. The summed E-state index contributed by atoms with van der Waals surface area (Å²) in [4.78, 5) is 0. The van der Waals surface area contributed by atoms with E-state index in [0.29, 0.717) is 19.8 Å². The van der Waals surface area contributed by atoms with E-state index in [4.69, 9.17) is 14.2 Å². The first kappa shape index (κ1) is 12.9. The van der Waals surface area contributed by atoms with Crippen LogP contribution in [0.5, 0.6) is 0 Å². The van der Waals surface area contributed by atoms with Crippen LogP contribution in [0.25, 0.3) is 0 Å². The van der Waals surface area contributed by atoms with Crippen LogP contribution in [0.15, 0.2) is 0 Å². The Kier molecular flexibility index (Phi) is 8.40. The quantitative estimate of drug-likeness (QED) is 0.584. The molecule has 1 unspecified atom stereocenters. The van der Waals surface area contributed by atoms with Crippen molar-refractivity contribution in [3.63, 3.8) is 0 Å². The van der Waals surface area contributed by atoms with Gasteiger partial charge in [-0.3, -0.25) is 0 Å². The van der Waals surface area contributed by atoms with E-state index in [9.17, 15) is 0 Å². The van der Waals surface area contributed by atoms with Crippen LogP contribution in [0, 0.1) is 0 Å². The van der Waals surface area contributed by atoms with Gasteiger partial charge >= 0.3 is 0 Å². The zero-order valence-corrected chi connectivity index (χ0v) is 9.21. The zero-order valence-electron chi connectivity index (χ0n) is 9.21. The number of rotatable bonds is 8. The third-order valence-electron chi connectivity index (χ3n) is 1.53. The second-order valence-corrected chi connectivity index (χ2v) is 3.12. The molecule has 3 nitrogen and oxygen atoms in total. The molecule has 0 fully saturated rings. The molecule has 0 aliphatic carbocycles. The summed E-state index contributed by atoms with van der Waals surface area (Å²) in [7, 11) is 0. The van der Waals surface area contributed by atoms with Gasteiger partial charge < -0.3 is 14.2 Å². The Morgan fingerprint density at radius 1 is 0.923 bits per heavy atom. The third kappa shape index (κ3) is 8.22. The Bertz CT molecular complexity index is 104. The molecule has 0 radical (unpaired) electrons. The van der Waals surface area contributed by atoms with E-state index in [-0.39, 0.29) is 12.2 Å². The van der Waals surface area contributed by atoms with E-state index in [2.05, 4.69) is 0 Å². The minimum atomic E-state index is 0.0762. The molecule has 0 spiro atoms. The maximum Gasteiger partial charge on any atom is 0.104 e. The van der Waals surface area contributed by atoms with Crippen LogP contribution in [-0.4, -0.2) is 38.6 Å². The van der Waals surface area contributed by atoms with Crippen LogP contribution in [0.3, 0.4) is 0 Å². The summed E-state index contributed by atoms with van der Waals surface area (Å²) < 4.78 is 16.2. The van der Waals surface area contributed by atoms with Crippen molar-refractivity contribution in [3.05, 3.63) is 0 Å². The molecular weight excluding hydrogens is 168 g/mol. The molecule has 0 aromatic carbocycles. The van der Waals surface area contributed by atoms with Gasteiger partial charge in [-0.2, -0.15) is 0 Å². The summed E-state index contributed by atoms with van der Waals surface area (Å²) in [5.74, 6) is 0. The lowest BCUT2D eigenvalue weighted by atomic mass is 10.4. The molecule has 0 saturated carbocycles. The first-order chi connectivity index (χ1) is 6.20. The molecule has 0 aliphatic rings. The van der Waals surface area contributed by atoms with Gasteiger partial charge in [0, 0.05) is 13.2 Å². The number of ether oxygens (including phenoxy) is 3. The van der Waals surface area contributed by atoms with Crippen molar-refractivity contribution in [1.82, 2.24) is 0 Å². The second-order valence-electron chi connectivity index (χ2n) is 3.12. The molecular formula is C10H22O3. The molecule has 0 aromatic heterocycles. The van der Waals surface area contributed by atoms with Crippen molar-refractivity contribution in [1.29, 1.82) is 0 Å². The fourth-order valence-corrected chi connectivity index (χ4v) is 0.929. The molecule has 3 heteroatoms. The summed E-state index contributed by atoms with van der Waals surface area (Å²) in [6, 6.07) is 0. The summed E-state index contributed by atoms with van der Waals surface area (Å²) in [6.45, 7) is 10.7. The molecule has 0 heterocycles. The molecule has 0 aromatic rings. The monoisotopic (exact) mass is 190 g/mol. The second kappa shape index (κ2) is 8.48. The van der Waals surface area contributed by atoms with E-state index in [0.717, 1.165) is 6.61 Å². The van der Waals surface area contributed by atoms with Gasteiger partial charge in [0.2, 0.25) is 0 Å². The third-order valence-corrected chi connectivity index (χ3v) is 1.53. The van der Waals surface area contributed by atoms with Gasteiger partial charge in [-0.05, 0) is 27.7 Å². The molecule has 0 bridgehead atoms. The fraction of sp³-hybridized carbons (Fsp3) is 1.00. The smallest absolute Gasteiger partial charge is 0.104 e. The van der Waals surface area contributed by atoms with Crippen molar-refractivity contribution in [2.45, 2.75) is 39.9 Å². The highest BCUT2D eigenvalue weighted by Crippen LogP contribution is 1.98. The molecule has 0 aliphatic heterocycles. The Labute approximate surface area is 81.4 Å². The fourth-order valence-electron chi connectivity index (χ4n) is 0.929. The molecule has 1 atom stereocenters. The lowest BCUT2D eigenvalue weighted by molar-refractivity contribution is -0.0666. The highest BCUT2D eigenvalue weighted by atomic mass is 16.6. The maximum absolute atomic E-state index is 5.45. The van der Waals surface area contributed by atoms with Gasteiger partial charge in [-0.25, -0.2) is 0 Å². The van der Waals surface area contributed by atoms with Crippen molar-refractivity contribution >= 4 is 0 Å². The standard InChI is InChI=1S/C10H22O3/c1-5-11-7-10(12-6-2)8-13-9(3)4/h9-10H,5-8H2,1-4H3. The average Bonchev–Trinajstić information content (AvgIpc) is 2.09. The number of hydrogen-bond donors (Lipinski definition) is 0. The van der Waals surface area contributed by atoms with Crippen molar-refractivity contribution in [2.24, 2.45) is 0 Å². The zero-order chi connectivity index (χ0) is 10.1. The predicted octanol–water partition coefficient (Wildman–Crippen LogP) is 1.85. The van der Waals surface area contributed by atoms with E-state index in [1.54, 1.807) is 0 Å². The molecule has 0 rings (SSSR count). The lowest BCUT2D eigenvalue weighted by Crippen LogP contribution is -2.27. The SMILES string of the molecule is CCOCC(COC(C)C)OCC. The average molecular weight is 190 g/mol. The summed E-state index contributed by atoms with van der Waals surface area (Å²) >= 11 is 0. The molecule has 0 N–H and O–H groups in total. The lowest BCUT2D eigenvalue weighted by Gasteiger charge is -2.18. The summed E-state index contributed by atoms with van der Waals surface area (Å²) in [6.07, 6.45) is 0.330. The van der Waals surface area contributed by atoms with Gasteiger partial charge in [0.15, 0.2) is 0 Å². The summed E-state index contributed by atoms with van der Waals surface area (Å²) in [5, 5.41) is 0. The molecule has 13 heavy (non-hydrogen) atoms. The minimum absolute atomic E-state index is 0.0762. The van der Waals surface area contributed by atoms with Gasteiger partial charge in [0.25, 0.3) is 0 Å². The first-order valence-corrected chi connectivity index (χ1v) is 5.01. The molecule has 0 amide bonds. The highest BCUT2D eigenvalue weighted by molar-refractivity contribution is 4.55. The van der Waals surface area contributed by atoms with Crippen LogP contribution in [0.1, 0.15) is 27.7 Å². The van der Waals surface area contributed by atoms with E-state index >= 15 is 0 Å². The van der Waals surface area contributed by atoms with Crippen LogP contribution in [0.2, 0.25) is 0 Å². The van der Waals surface area contributed by atoms with Gasteiger partial charge in [-0.15, -0.1) is 0 Å². The van der Waals surface area contributed by atoms with Gasteiger partial charge in [0.1, 0.15) is 6.10 Å².